The zero-order valence-electron chi connectivity index (χ0n) is 15.3. The second kappa shape index (κ2) is 9.62. The minimum Gasteiger partial charge on any atom is -0.484 e. The highest BCUT2D eigenvalue weighted by atomic mass is 19.4. The van der Waals surface area contributed by atoms with Gasteiger partial charge in [-0.2, -0.15) is 13.2 Å². The van der Waals surface area contributed by atoms with Crippen LogP contribution < -0.4 is 10.1 Å². The summed E-state index contributed by atoms with van der Waals surface area (Å²) in [5.74, 6) is -1.50. The summed E-state index contributed by atoms with van der Waals surface area (Å²) < 4.78 is 42.1. The maximum Gasteiger partial charge on any atom is 0.471 e. The van der Waals surface area contributed by atoms with Gasteiger partial charge in [-0.15, -0.1) is 0 Å². The van der Waals surface area contributed by atoms with E-state index in [1.165, 1.54) is 5.56 Å². The number of likely N-dealkylation sites (tertiary alicyclic amines) is 1. The average molecular weight is 386 g/mol. The fraction of sp³-hybridized carbons (Fsp3) is 0.579. The van der Waals surface area contributed by atoms with E-state index in [1.807, 2.05) is 29.6 Å². The number of nitrogens with zero attached hydrogens (tertiary/aromatic N) is 1. The molecule has 8 heteroatoms. The predicted octanol–water partition coefficient (Wildman–Crippen LogP) is 2.94. The smallest absolute Gasteiger partial charge is 0.471 e. The number of hydrogen-bond acceptors (Lipinski definition) is 3. The van der Waals surface area contributed by atoms with Gasteiger partial charge in [-0.25, -0.2) is 0 Å². The highest BCUT2D eigenvalue weighted by Gasteiger charge is 2.38. The topological polar surface area (TPSA) is 58.6 Å². The standard InChI is InChI=1S/C19H25F3N2O3/c1-2-3-14-4-6-16(7-5-14)27-13-17(25)24-10-8-15(9-11-24)12-23-18(26)19(20,21)22/h4-7,15H,2-3,8-13H2,1H3,(H,23,26). The maximum atomic E-state index is 12.2. The molecule has 2 amide bonds. The number of alkyl halides is 3. The van der Waals surface area contributed by atoms with Gasteiger partial charge in [0.2, 0.25) is 0 Å². The summed E-state index contributed by atoms with van der Waals surface area (Å²) in [5.41, 5.74) is 1.22. The summed E-state index contributed by atoms with van der Waals surface area (Å²) in [4.78, 5) is 24.7. The first-order valence-corrected chi connectivity index (χ1v) is 9.14. The van der Waals surface area contributed by atoms with E-state index in [1.54, 1.807) is 4.90 Å². The lowest BCUT2D eigenvalue weighted by Crippen LogP contribution is -2.45. The van der Waals surface area contributed by atoms with Crippen LogP contribution in [0.25, 0.3) is 0 Å². The van der Waals surface area contributed by atoms with Gasteiger partial charge in [-0.3, -0.25) is 9.59 Å². The lowest BCUT2D eigenvalue weighted by Gasteiger charge is -2.32. The molecule has 1 aromatic carbocycles. The van der Waals surface area contributed by atoms with Gasteiger partial charge >= 0.3 is 12.1 Å². The van der Waals surface area contributed by atoms with Gasteiger partial charge in [0.25, 0.3) is 5.91 Å². The van der Waals surface area contributed by atoms with Crippen molar-refractivity contribution in [2.24, 2.45) is 5.92 Å². The zero-order valence-corrected chi connectivity index (χ0v) is 15.3. The van der Waals surface area contributed by atoms with Gasteiger partial charge in [0, 0.05) is 19.6 Å². The Kier molecular flexibility index (Phi) is 7.50. The Morgan fingerprint density at radius 2 is 1.81 bits per heavy atom. The highest BCUT2D eigenvalue weighted by Crippen LogP contribution is 2.19. The summed E-state index contributed by atoms with van der Waals surface area (Å²) in [5, 5.41) is 1.90. The molecule has 0 spiro atoms. The molecule has 1 saturated heterocycles. The van der Waals surface area contributed by atoms with Gasteiger partial charge in [0.05, 0.1) is 0 Å². The molecule has 0 saturated carbocycles. The Morgan fingerprint density at radius 3 is 2.37 bits per heavy atom. The van der Waals surface area contributed by atoms with E-state index in [4.69, 9.17) is 4.74 Å². The van der Waals surface area contributed by atoms with E-state index in [0.717, 1.165) is 12.8 Å². The molecular weight excluding hydrogens is 361 g/mol. The van der Waals surface area contributed by atoms with Crippen LogP contribution in [-0.4, -0.2) is 49.1 Å². The lowest BCUT2D eigenvalue weighted by molar-refractivity contribution is -0.173. The van der Waals surface area contributed by atoms with Crippen LogP contribution in [0.1, 0.15) is 31.7 Å². The highest BCUT2D eigenvalue weighted by molar-refractivity contribution is 5.81. The van der Waals surface area contributed by atoms with Crippen molar-refractivity contribution in [3.63, 3.8) is 0 Å². The summed E-state index contributed by atoms with van der Waals surface area (Å²) in [6.45, 7) is 2.91. The second-order valence-electron chi connectivity index (χ2n) is 6.71. The first-order valence-electron chi connectivity index (χ1n) is 9.14. The SMILES string of the molecule is CCCc1ccc(OCC(=O)N2CCC(CNC(=O)C(F)(F)F)CC2)cc1. The molecule has 1 aromatic rings. The molecule has 5 nitrogen and oxygen atoms in total. The Labute approximate surface area is 156 Å². The minimum atomic E-state index is -4.86. The van der Waals surface area contributed by atoms with Crippen LogP contribution in [0.2, 0.25) is 0 Å². The monoisotopic (exact) mass is 386 g/mol. The Balaban J connectivity index is 1.69. The van der Waals surface area contributed by atoms with Crippen molar-refractivity contribution in [3.05, 3.63) is 29.8 Å². The molecule has 2 rings (SSSR count). The average Bonchev–Trinajstić information content (AvgIpc) is 2.65. The fourth-order valence-electron chi connectivity index (χ4n) is 3.00. The third kappa shape index (κ3) is 6.77. The van der Waals surface area contributed by atoms with Crippen LogP contribution >= 0.6 is 0 Å². The number of amides is 2. The molecule has 1 aliphatic rings. The van der Waals surface area contributed by atoms with Crippen LogP contribution in [0.4, 0.5) is 13.2 Å². The van der Waals surface area contributed by atoms with E-state index >= 15 is 0 Å². The first-order chi connectivity index (χ1) is 12.8. The third-order valence-electron chi connectivity index (χ3n) is 4.60. The number of rotatable bonds is 7. The molecule has 1 aliphatic heterocycles. The molecule has 1 N–H and O–H groups in total. The molecule has 0 radical (unpaired) electrons. The van der Waals surface area contributed by atoms with Crippen molar-refractivity contribution in [2.75, 3.05) is 26.2 Å². The van der Waals surface area contributed by atoms with Crippen LogP contribution in [0.15, 0.2) is 24.3 Å². The summed E-state index contributed by atoms with van der Waals surface area (Å²) in [6, 6.07) is 7.63. The summed E-state index contributed by atoms with van der Waals surface area (Å²) >= 11 is 0. The summed E-state index contributed by atoms with van der Waals surface area (Å²) in [6.07, 6.45) is -1.69. The lowest BCUT2D eigenvalue weighted by atomic mass is 9.97. The summed E-state index contributed by atoms with van der Waals surface area (Å²) in [7, 11) is 0. The normalized spacial score (nSPS) is 15.5. The van der Waals surface area contributed by atoms with Crippen molar-refractivity contribution in [2.45, 2.75) is 38.8 Å². The molecule has 1 fully saturated rings. The molecule has 0 aliphatic carbocycles. The van der Waals surface area contributed by atoms with Crippen molar-refractivity contribution < 1.29 is 27.5 Å². The quantitative estimate of drug-likeness (QED) is 0.784. The molecule has 0 aromatic heterocycles. The molecule has 0 atom stereocenters. The van der Waals surface area contributed by atoms with E-state index in [2.05, 4.69) is 6.92 Å². The largest absolute Gasteiger partial charge is 0.484 e. The predicted molar refractivity (Wildman–Crippen MR) is 94.3 cm³/mol. The van der Waals surface area contributed by atoms with Crippen molar-refractivity contribution in [1.82, 2.24) is 10.2 Å². The third-order valence-corrected chi connectivity index (χ3v) is 4.60. The van der Waals surface area contributed by atoms with Crippen molar-refractivity contribution in [1.29, 1.82) is 0 Å². The number of halogens is 3. The molecular formula is C19H25F3N2O3. The van der Waals surface area contributed by atoms with Crippen molar-refractivity contribution >= 4 is 11.8 Å². The van der Waals surface area contributed by atoms with Gasteiger partial charge in [-0.05, 0) is 42.9 Å². The number of nitrogens with one attached hydrogen (secondary N) is 1. The van der Waals surface area contributed by atoms with Crippen molar-refractivity contribution in [3.8, 4) is 5.75 Å². The molecule has 0 unspecified atom stereocenters. The Bertz CT molecular complexity index is 624. The minimum absolute atomic E-state index is 0.0268. The molecule has 0 bridgehead atoms. The van der Waals surface area contributed by atoms with Crippen LogP contribution in [0.5, 0.6) is 5.75 Å². The number of carbonyl (C=O) groups is 2. The first kappa shape index (κ1) is 21.1. The number of carbonyl (C=O) groups excluding carboxylic acids is 2. The number of ether oxygens (including phenoxy) is 1. The van der Waals surface area contributed by atoms with E-state index < -0.39 is 12.1 Å². The van der Waals surface area contributed by atoms with E-state index in [0.29, 0.717) is 31.7 Å². The maximum absolute atomic E-state index is 12.2. The fourth-order valence-corrected chi connectivity index (χ4v) is 3.00. The van der Waals surface area contributed by atoms with Gasteiger partial charge < -0.3 is 15.0 Å². The van der Waals surface area contributed by atoms with Gasteiger partial charge in [0.1, 0.15) is 5.75 Å². The second-order valence-corrected chi connectivity index (χ2v) is 6.71. The van der Waals surface area contributed by atoms with Crippen LogP contribution in [-0.2, 0) is 16.0 Å². The number of aryl methyl sites for hydroxylation is 1. The van der Waals surface area contributed by atoms with Gasteiger partial charge in [-0.1, -0.05) is 25.5 Å². The Morgan fingerprint density at radius 1 is 1.19 bits per heavy atom. The molecule has 27 heavy (non-hydrogen) atoms. The van der Waals surface area contributed by atoms with Crippen LogP contribution in [0, 0.1) is 5.92 Å². The molecule has 150 valence electrons. The number of hydrogen-bond donors (Lipinski definition) is 1. The van der Waals surface area contributed by atoms with Crippen LogP contribution in [0.3, 0.4) is 0 Å². The van der Waals surface area contributed by atoms with E-state index in [9.17, 15) is 22.8 Å². The van der Waals surface area contributed by atoms with E-state index in [-0.39, 0.29) is 25.0 Å². The number of piperidine rings is 1. The number of benzene rings is 1. The molecule has 1 heterocycles. The van der Waals surface area contributed by atoms with Gasteiger partial charge in [0.15, 0.2) is 6.61 Å². The zero-order chi connectivity index (χ0) is 19.9. The Hall–Kier alpha value is -2.25.